The van der Waals surface area contributed by atoms with E-state index < -0.39 is 0 Å². The maximum atomic E-state index is 14.4. The average Bonchev–Trinajstić information content (AvgIpc) is 3.33. The van der Waals surface area contributed by atoms with Gasteiger partial charge in [-0.05, 0) is 17.7 Å². The third kappa shape index (κ3) is 4.42. The summed E-state index contributed by atoms with van der Waals surface area (Å²) in [6.45, 7) is 0. The minimum atomic E-state index is -0.0194. The molecule has 6 rings (SSSR count). The highest BCUT2D eigenvalue weighted by Crippen LogP contribution is 2.44. The third-order valence-corrected chi connectivity index (χ3v) is 6.61. The lowest BCUT2D eigenvalue weighted by atomic mass is 9.91. The Morgan fingerprint density at radius 3 is 1.42 bits per heavy atom. The lowest BCUT2D eigenvalue weighted by Gasteiger charge is -2.17. The van der Waals surface area contributed by atoms with Crippen molar-refractivity contribution in [2.45, 2.75) is 0 Å². The highest BCUT2D eigenvalue weighted by Gasteiger charge is 2.30. The first-order valence-corrected chi connectivity index (χ1v) is 12.7. The lowest BCUT2D eigenvalue weighted by molar-refractivity contribution is 0.104. The van der Waals surface area contributed by atoms with Gasteiger partial charge >= 0.3 is 0 Å². The van der Waals surface area contributed by atoms with Gasteiger partial charge in [0.1, 0.15) is 0 Å². The fourth-order valence-electron chi connectivity index (χ4n) is 4.91. The number of hydrogen-bond acceptors (Lipinski definition) is 2. The minimum Gasteiger partial charge on any atom is -0.294 e. The molecule has 0 unspecified atom stereocenters. The maximum Gasteiger partial charge on any atom is 0.195 e. The van der Waals surface area contributed by atoms with Crippen LogP contribution >= 0.6 is 0 Å². The molecule has 0 saturated carbocycles. The van der Waals surface area contributed by atoms with Crippen LogP contribution in [-0.2, 0) is 0 Å². The number of nitrogens with one attached hydrogen (secondary N) is 1. The number of aromatic nitrogens is 1. The van der Waals surface area contributed by atoms with E-state index in [1.54, 1.807) is 0 Å². The third-order valence-electron chi connectivity index (χ3n) is 6.61. The summed E-state index contributed by atoms with van der Waals surface area (Å²) >= 11 is 0. The summed E-state index contributed by atoms with van der Waals surface area (Å²) in [6.07, 6.45) is 0. The van der Waals surface area contributed by atoms with Gasteiger partial charge in [-0.1, -0.05) is 140 Å². The lowest BCUT2D eigenvalue weighted by Crippen LogP contribution is -2.13. The molecule has 0 fully saturated rings. The van der Waals surface area contributed by atoms with Gasteiger partial charge in [0.25, 0.3) is 0 Å². The van der Waals surface area contributed by atoms with E-state index >= 15 is 0 Å². The molecule has 0 radical (unpaired) electrons. The van der Waals surface area contributed by atoms with Crippen LogP contribution < -0.4 is 5.43 Å². The van der Waals surface area contributed by atoms with E-state index in [0.29, 0.717) is 11.1 Å². The number of carbonyl (C=O) groups is 1. The molecular formula is C35H26N2O. The predicted octanol–water partition coefficient (Wildman–Crippen LogP) is 8.60. The van der Waals surface area contributed by atoms with Gasteiger partial charge in [0.05, 0.1) is 22.6 Å². The molecule has 3 nitrogen and oxygen atoms in total. The van der Waals surface area contributed by atoms with Gasteiger partial charge in [-0.15, -0.1) is 0 Å². The Bertz CT molecular complexity index is 1660. The largest absolute Gasteiger partial charge is 0.294 e. The normalized spacial score (nSPS) is 10.7. The van der Waals surface area contributed by atoms with Crippen LogP contribution in [0.15, 0.2) is 152 Å². The molecule has 0 bridgehead atoms. The number of benzene rings is 5. The van der Waals surface area contributed by atoms with Crippen molar-refractivity contribution >= 4 is 11.5 Å². The van der Waals surface area contributed by atoms with Crippen molar-refractivity contribution < 1.29 is 4.79 Å². The second kappa shape index (κ2) is 10.5. The molecule has 1 aromatic heterocycles. The van der Waals surface area contributed by atoms with E-state index in [0.717, 1.165) is 39.3 Å². The molecule has 0 saturated heterocycles. The van der Waals surface area contributed by atoms with Crippen LogP contribution in [0.1, 0.15) is 15.9 Å². The summed E-state index contributed by atoms with van der Waals surface area (Å²) < 4.78 is 2.08. The number of anilines is 1. The Kier molecular flexibility index (Phi) is 6.40. The molecule has 38 heavy (non-hydrogen) atoms. The van der Waals surface area contributed by atoms with Crippen molar-refractivity contribution in [2.24, 2.45) is 0 Å². The first kappa shape index (κ1) is 23.3. The topological polar surface area (TPSA) is 34.0 Å². The van der Waals surface area contributed by atoms with Crippen LogP contribution in [0.25, 0.3) is 33.6 Å². The molecule has 0 aliphatic rings. The summed E-state index contributed by atoms with van der Waals surface area (Å²) in [4.78, 5) is 14.4. The average molecular weight is 491 g/mol. The summed E-state index contributed by atoms with van der Waals surface area (Å²) in [5.41, 5.74) is 11.5. The quantitative estimate of drug-likeness (QED) is 0.227. The van der Waals surface area contributed by atoms with Crippen LogP contribution in [0.5, 0.6) is 0 Å². The Balaban J connectivity index is 1.77. The van der Waals surface area contributed by atoms with E-state index in [-0.39, 0.29) is 5.78 Å². The Morgan fingerprint density at radius 1 is 0.474 bits per heavy atom. The van der Waals surface area contributed by atoms with Crippen LogP contribution in [-0.4, -0.2) is 10.5 Å². The molecule has 1 heterocycles. The Hall–Kier alpha value is -5.15. The minimum absolute atomic E-state index is 0.0194. The SMILES string of the molecule is O=C(c1ccccc1)c1c(-c2ccccc2)c(-c2ccccc2)n(Nc2ccccc2)c1-c1ccccc1. The molecule has 0 amide bonds. The van der Waals surface area contributed by atoms with Crippen molar-refractivity contribution in [2.75, 3.05) is 5.43 Å². The summed E-state index contributed by atoms with van der Waals surface area (Å²) in [5.74, 6) is -0.0194. The summed E-state index contributed by atoms with van der Waals surface area (Å²) in [7, 11) is 0. The maximum absolute atomic E-state index is 14.4. The number of para-hydroxylation sites is 1. The van der Waals surface area contributed by atoms with Gasteiger partial charge in [0.2, 0.25) is 0 Å². The molecule has 0 aliphatic carbocycles. The van der Waals surface area contributed by atoms with Gasteiger partial charge in [-0.25, -0.2) is 0 Å². The van der Waals surface area contributed by atoms with Crippen molar-refractivity contribution in [3.8, 4) is 33.6 Å². The van der Waals surface area contributed by atoms with E-state index in [4.69, 9.17) is 0 Å². The van der Waals surface area contributed by atoms with Gasteiger partial charge in [0.15, 0.2) is 5.78 Å². The zero-order valence-corrected chi connectivity index (χ0v) is 20.8. The molecule has 0 aliphatic heterocycles. The van der Waals surface area contributed by atoms with Gasteiger partial charge < -0.3 is 0 Å². The van der Waals surface area contributed by atoms with E-state index in [1.807, 2.05) is 115 Å². The molecule has 0 spiro atoms. The zero-order valence-electron chi connectivity index (χ0n) is 20.8. The Morgan fingerprint density at radius 2 is 0.895 bits per heavy atom. The van der Waals surface area contributed by atoms with E-state index in [1.165, 1.54) is 0 Å². The first-order valence-electron chi connectivity index (χ1n) is 12.7. The molecule has 1 N–H and O–H groups in total. The van der Waals surface area contributed by atoms with Crippen LogP contribution in [0.2, 0.25) is 0 Å². The number of rotatable bonds is 7. The van der Waals surface area contributed by atoms with Crippen LogP contribution in [0, 0.1) is 0 Å². The monoisotopic (exact) mass is 490 g/mol. The van der Waals surface area contributed by atoms with Crippen molar-refractivity contribution in [1.82, 2.24) is 4.68 Å². The standard InChI is InChI=1S/C35H26N2O/c38-35(29-22-12-4-13-23-29)32-31(26-16-6-1-7-17-26)33(27-18-8-2-9-19-27)37(36-30-24-14-5-15-25-30)34(32)28-20-10-3-11-21-28/h1-25,36H. The van der Waals surface area contributed by atoms with Crippen molar-refractivity contribution in [3.05, 3.63) is 163 Å². The van der Waals surface area contributed by atoms with Crippen molar-refractivity contribution in [3.63, 3.8) is 0 Å². The zero-order chi connectivity index (χ0) is 25.7. The second-order valence-corrected chi connectivity index (χ2v) is 9.05. The second-order valence-electron chi connectivity index (χ2n) is 9.05. The highest BCUT2D eigenvalue weighted by atomic mass is 16.1. The fraction of sp³-hybridized carbons (Fsp3) is 0. The first-order chi connectivity index (χ1) is 18.8. The summed E-state index contributed by atoms with van der Waals surface area (Å²) in [6, 6.07) is 50.2. The number of ketones is 1. The van der Waals surface area contributed by atoms with E-state index in [9.17, 15) is 4.79 Å². The molecule has 5 aromatic carbocycles. The molecule has 0 atom stereocenters. The van der Waals surface area contributed by atoms with Crippen LogP contribution in [0.3, 0.4) is 0 Å². The van der Waals surface area contributed by atoms with Crippen LogP contribution in [0.4, 0.5) is 5.69 Å². The number of hydrogen-bond donors (Lipinski definition) is 1. The predicted molar refractivity (Wildman–Crippen MR) is 156 cm³/mol. The number of carbonyl (C=O) groups excluding carboxylic acids is 1. The summed E-state index contributed by atoms with van der Waals surface area (Å²) in [5, 5.41) is 0. The van der Waals surface area contributed by atoms with Gasteiger partial charge in [-0.2, -0.15) is 0 Å². The van der Waals surface area contributed by atoms with E-state index in [2.05, 4.69) is 46.5 Å². The smallest absolute Gasteiger partial charge is 0.195 e. The van der Waals surface area contributed by atoms with Gasteiger partial charge in [0, 0.05) is 22.3 Å². The fourth-order valence-corrected chi connectivity index (χ4v) is 4.91. The Labute approximate surface area is 222 Å². The van der Waals surface area contributed by atoms with Crippen molar-refractivity contribution in [1.29, 1.82) is 0 Å². The molecular weight excluding hydrogens is 464 g/mol. The van der Waals surface area contributed by atoms with Gasteiger partial charge in [-0.3, -0.25) is 14.9 Å². The molecule has 6 aromatic rings. The molecule has 3 heteroatoms. The highest BCUT2D eigenvalue weighted by molar-refractivity contribution is 6.19. The number of nitrogens with zero attached hydrogens (tertiary/aromatic N) is 1. The molecule has 182 valence electrons.